The molecule has 0 saturated carbocycles. The Bertz CT molecular complexity index is 328. The highest BCUT2D eigenvalue weighted by Gasteiger charge is 2.06. The van der Waals surface area contributed by atoms with Gasteiger partial charge in [-0.2, -0.15) is 5.10 Å². The molecule has 15 heavy (non-hydrogen) atoms. The number of nitrogens with zero attached hydrogens (tertiary/aromatic N) is 2. The van der Waals surface area contributed by atoms with Crippen LogP contribution in [0.2, 0.25) is 0 Å². The number of rotatable bonds is 7. The zero-order valence-electron chi connectivity index (χ0n) is 9.33. The number of aryl methyl sites for hydroxylation is 1. The zero-order valence-corrected chi connectivity index (χ0v) is 9.33. The van der Waals surface area contributed by atoms with E-state index >= 15 is 0 Å². The van der Waals surface area contributed by atoms with Gasteiger partial charge < -0.3 is 5.73 Å². The molecule has 5 nitrogen and oxygen atoms in total. The van der Waals surface area contributed by atoms with Gasteiger partial charge in [-0.25, -0.2) is 9.89 Å². The molecule has 0 aliphatic heterocycles. The minimum Gasteiger partial charge on any atom is -0.330 e. The summed E-state index contributed by atoms with van der Waals surface area (Å²) in [6.45, 7) is 3.54. The first-order valence-corrected chi connectivity index (χ1v) is 5.63. The summed E-state index contributed by atoms with van der Waals surface area (Å²) in [5.74, 6) is 0.874. The highest BCUT2D eigenvalue weighted by Crippen LogP contribution is 2.02. The molecule has 0 bridgehead atoms. The lowest BCUT2D eigenvalue weighted by atomic mass is 10.2. The predicted molar refractivity (Wildman–Crippen MR) is 59.7 cm³/mol. The van der Waals surface area contributed by atoms with Gasteiger partial charge in [-0.1, -0.05) is 13.3 Å². The maximum atomic E-state index is 11.3. The average Bonchev–Trinajstić information content (AvgIpc) is 2.57. The molecule has 0 fully saturated rings. The Morgan fingerprint density at radius 3 is 2.87 bits per heavy atom. The van der Waals surface area contributed by atoms with E-state index < -0.39 is 0 Å². The number of H-pyrrole nitrogens is 1. The monoisotopic (exact) mass is 212 g/mol. The summed E-state index contributed by atoms with van der Waals surface area (Å²) in [7, 11) is 0. The van der Waals surface area contributed by atoms with Crippen LogP contribution in [-0.4, -0.2) is 21.3 Å². The summed E-state index contributed by atoms with van der Waals surface area (Å²) in [4.78, 5) is 11.3. The Hall–Kier alpha value is -1.10. The Labute approximate surface area is 89.7 Å². The summed E-state index contributed by atoms with van der Waals surface area (Å²) in [5.41, 5.74) is 5.32. The first-order valence-electron chi connectivity index (χ1n) is 5.63. The molecule has 0 aliphatic carbocycles. The van der Waals surface area contributed by atoms with Gasteiger partial charge in [0.1, 0.15) is 5.82 Å². The highest BCUT2D eigenvalue weighted by atomic mass is 16.1. The van der Waals surface area contributed by atoms with Crippen molar-refractivity contribution in [1.82, 2.24) is 14.8 Å². The minimum absolute atomic E-state index is 0.0920. The first-order chi connectivity index (χ1) is 7.29. The molecule has 0 amide bonds. The van der Waals surface area contributed by atoms with Crippen molar-refractivity contribution in [2.75, 3.05) is 6.54 Å². The van der Waals surface area contributed by atoms with Crippen LogP contribution in [-0.2, 0) is 13.0 Å². The quantitative estimate of drug-likeness (QED) is 0.652. The van der Waals surface area contributed by atoms with E-state index in [1.807, 2.05) is 0 Å². The fourth-order valence-corrected chi connectivity index (χ4v) is 1.60. The molecular weight excluding hydrogens is 192 g/mol. The van der Waals surface area contributed by atoms with E-state index in [1.165, 1.54) is 0 Å². The van der Waals surface area contributed by atoms with Crippen LogP contribution in [0, 0.1) is 0 Å². The fourth-order valence-electron chi connectivity index (χ4n) is 1.60. The van der Waals surface area contributed by atoms with Crippen molar-refractivity contribution in [3.05, 3.63) is 16.3 Å². The molecular formula is C10H20N4O. The van der Waals surface area contributed by atoms with Gasteiger partial charge in [-0.05, 0) is 25.8 Å². The number of nitrogens with one attached hydrogen (secondary N) is 1. The van der Waals surface area contributed by atoms with Crippen molar-refractivity contribution in [3.8, 4) is 0 Å². The van der Waals surface area contributed by atoms with Gasteiger partial charge in [0.25, 0.3) is 0 Å². The summed E-state index contributed by atoms with van der Waals surface area (Å²) < 4.78 is 1.72. The number of hydrogen-bond acceptors (Lipinski definition) is 3. The van der Waals surface area contributed by atoms with Gasteiger partial charge in [0, 0.05) is 13.0 Å². The van der Waals surface area contributed by atoms with Crippen LogP contribution in [0.5, 0.6) is 0 Å². The normalized spacial score (nSPS) is 10.8. The Kier molecular flexibility index (Phi) is 5.10. The number of nitrogens with two attached hydrogens (primary N) is 1. The molecule has 1 aromatic rings. The predicted octanol–water partition coefficient (Wildman–Crippen LogP) is 0.653. The molecule has 0 unspecified atom stereocenters. The Balaban J connectivity index is 2.49. The number of aromatic amines is 1. The van der Waals surface area contributed by atoms with E-state index in [1.54, 1.807) is 4.57 Å². The van der Waals surface area contributed by atoms with Crippen molar-refractivity contribution >= 4 is 0 Å². The molecule has 1 aromatic heterocycles. The summed E-state index contributed by atoms with van der Waals surface area (Å²) >= 11 is 0. The number of aromatic nitrogens is 3. The van der Waals surface area contributed by atoms with E-state index in [0.717, 1.165) is 51.0 Å². The van der Waals surface area contributed by atoms with Gasteiger partial charge in [-0.3, -0.25) is 4.57 Å². The second-order valence-corrected chi connectivity index (χ2v) is 3.70. The Morgan fingerprint density at radius 2 is 2.20 bits per heavy atom. The van der Waals surface area contributed by atoms with Crippen molar-refractivity contribution in [2.24, 2.45) is 5.73 Å². The molecule has 0 aromatic carbocycles. The van der Waals surface area contributed by atoms with Crippen molar-refractivity contribution in [3.63, 3.8) is 0 Å². The number of hydrogen-bond donors (Lipinski definition) is 2. The van der Waals surface area contributed by atoms with Crippen molar-refractivity contribution in [1.29, 1.82) is 0 Å². The summed E-state index contributed by atoms with van der Waals surface area (Å²) in [6, 6.07) is 0. The van der Waals surface area contributed by atoms with Crippen LogP contribution in [0.4, 0.5) is 0 Å². The Morgan fingerprint density at radius 1 is 1.40 bits per heavy atom. The molecule has 0 radical (unpaired) electrons. The van der Waals surface area contributed by atoms with Gasteiger partial charge in [-0.15, -0.1) is 0 Å². The maximum absolute atomic E-state index is 11.3. The van der Waals surface area contributed by atoms with Crippen molar-refractivity contribution in [2.45, 2.75) is 45.6 Å². The summed E-state index contributed by atoms with van der Waals surface area (Å²) in [5, 5.41) is 6.52. The molecule has 86 valence electrons. The first kappa shape index (κ1) is 12.0. The van der Waals surface area contributed by atoms with Crippen LogP contribution in [0.25, 0.3) is 0 Å². The van der Waals surface area contributed by atoms with Crippen LogP contribution in [0.1, 0.15) is 38.4 Å². The third-order valence-corrected chi connectivity index (χ3v) is 2.39. The zero-order chi connectivity index (χ0) is 11.1. The van der Waals surface area contributed by atoms with Gasteiger partial charge in [0.2, 0.25) is 0 Å². The van der Waals surface area contributed by atoms with Crippen LogP contribution >= 0.6 is 0 Å². The molecule has 5 heteroatoms. The third kappa shape index (κ3) is 3.51. The van der Waals surface area contributed by atoms with Crippen molar-refractivity contribution < 1.29 is 0 Å². The van der Waals surface area contributed by atoms with E-state index in [9.17, 15) is 4.79 Å². The molecule has 0 atom stereocenters. The number of unbranched alkanes of at least 4 members (excludes halogenated alkanes) is 2. The lowest BCUT2D eigenvalue weighted by Gasteiger charge is -2.03. The fraction of sp³-hybridized carbons (Fsp3) is 0.800. The molecule has 1 rings (SSSR count). The maximum Gasteiger partial charge on any atom is 0.343 e. The second-order valence-electron chi connectivity index (χ2n) is 3.70. The van der Waals surface area contributed by atoms with Gasteiger partial charge in [0.05, 0.1) is 0 Å². The molecule has 3 N–H and O–H groups in total. The lowest BCUT2D eigenvalue weighted by molar-refractivity contribution is 0.593. The van der Waals surface area contributed by atoms with E-state index in [4.69, 9.17) is 5.73 Å². The van der Waals surface area contributed by atoms with E-state index in [-0.39, 0.29) is 5.69 Å². The van der Waals surface area contributed by atoms with Crippen LogP contribution in [0.3, 0.4) is 0 Å². The molecule has 0 spiro atoms. The SMILES string of the molecule is CCCn1c(CCCCCN)n[nH]c1=O. The van der Waals surface area contributed by atoms with Crippen LogP contribution < -0.4 is 11.4 Å². The average molecular weight is 212 g/mol. The third-order valence-electron chi connectivity index (χ3n) is 2.39. The lowest BCUT2D eigenvalue weighted by Crippen LogP contribution is -2.18. The van der Waals surface area contributed by atoms with E-state index in [0.29, 0.717) is 0 Å². The largest absolute Gasteiger partial charge is 0.343 e. The van der Waals surface area contributed by atoms with Gasteiger partial charge >= 0.3 is 5.69 Å². The van der Waals surface area contributed by atoms with E-state index in [2.05, 4.69) is 17.1 Å². The molecule has 1 heterocycles. The summed E-state index contributed by atoms with van der Waals surface area (Å²) in [6.07, 6.45) is 5.01. The molecule has 0 aliphatic rings. The van der Waals surface area contributed by atoms with Gasteiger partial charge in [0.15, 0.2) is 0 Å². The van der Waals surface area contributed by atoms with Crippen LogP contribution in [0.15, 0.2) is 4.79 Å². The topological polar surface area (TPSA) is 76.7 Å². The smallest absolute Gasteiger partial charge is 0.330 e. The standard InChI is InChI=1S/C10H20N4O/c1-2-8-14-9(12-13-10(14)15)6-4-3-5-7-11/h2-8,11H2,1H3,(H,13,15). The second kappa shape index (κ2) is 6.40. The molecule has 0 saturated heterocycles. The highest BCUT2D eigenvalue weighted by molar-refractivity contribution is 4.86. The minimum atomic E-state index is -0.0920.